The van der Waals surface area contributed by atoms with Crippen LogP contribution in [0.3, 0.4) is 0 Å². The Bertz CT molecular complexity index is 1360. The fourth-order valence-electron chi connectivity index (χ4n) is 4.31. The van der Waals surface area contributed by atoms with Crippen molar-refractivity contribution in [2.24, 2.45) is 0 Å². The molecule has 0 aliphatic carbocycles. The number of aromatic nitrogens is 8. The average Bonchev–Trinajstić information content (AvgIpc) is 3.59. The third-order valence-corrected chi connectivity index (χ3v) is 6.22. The van der Waals surface area contributed by atoms with Gasteiger partial charge in [0.25, 0.3) is 0 Å². The lowest BCUT2D eigenvalue weighted by molar-refractivity contribution is 0.603. The van der Waals surface area contributed by atoms with Gasteiger partial charge in [0.15, 0.2) is 5.82 Å². The van der Waals surface area contributed by atoms with E-state index in [1.54, 1.807) is 0 Å². The Hall–Kier alpha value is -4.20. The minimum atomic E-state index is 0.554. The van der Waals surface area contributed by atoms with E-state index in [-0.39, 0.29) is 0 Å². The summed E-state index contributed by atoms with van der Waals surface area (Å²) in [5, 5.41) is 19.3. The van der Waals surface area contributed by atoms with Gasteiger partial charge in [-0.1, -0.05) is 80.4 Å². The zero-order chi connectivity index (χ0) is 24.6. The van der Waals surface area contributed by atoms with E-state index in [2.05, 4.69) is 62.6 Å². The summed E-state index contributed by atoms with van der Waals surface area (Å²) in [7, 11) is 0. The normalized spacial score (nSPS) is 11.1. The third-order valence-electron chi connectivity index (χ3n) is 6.22. The van der Waals surface area contributed by atoms with Gasteiger partial charge in [0.1, 0.15) is 5.82 Å². The van der Waals surface area contributed by atoms with Gasteiger partial charge in [-0.3, -0.25) is 4.98 Å². The molecule has 8 nitrogen and oxygen atoms in total. The number of tetrazole rings is 1. The first-order valence-electron chi connectivity index (χ1n) is 12.5. The number of pyridine rings is 1. The van der Waals surface area contributed by atoms with Crippen LogP contribution in [0.1, 0.15) is 49.0 Å². The van der Waals surface area contributed by atoms with Crippen molar-refractivity contribution in [1.29, 1.82) is 0 Å². The summed E-state index contributed by atoms with van der Waals surface area (Å²) in [4.78, 5) is 9.66. The highest BCUT2D eigenvalue weighted by Gasteiger charge is 2.13. The minimum absolute atomic E-state index is 0.554. The highest BCUT2D eigenvalue weighted by atomic mass is 15.5. The van der Waals surface area contributed by atoms with Gasteiger partial charge in [-0.2, -0.15) is 10.3 Å². The quantitative estimate of drug-likeness (QED) is 0.266. The van der Waals surface area contributed by atoms with Gasteiger partial charge in [-0.25, -0.2) is 9.67 Å². The van der Waals surface area contributed by atoms with Crippen molar-refractivity contribution < 1.29 is 0 Å². The topological polar surface area (TPSA) is 98.1 Å². The van der Waals surface area contributed by atoms with Crippen LogP contribution in [0.5, 0.6) is 0 Å². The van der Waals surface area contributed by atoms with Crippen LogP contribution in [0.4, 0.5) is 0 Å². The standard InChI is InChI=1S/C28H30N8/c1-2-3-5-14-27-30-26(18-16-21-10-6-4-7-11-21)33-36(27)20-22-15-17-25(29-19-22)23-12-8-9-13-24(23)28-31-34-35-32-28/h4,6-13,15,17,19H,2-3,5,14,16,18,20H2,1H3,(H,31,32,34,35). The zero-order valence-corrected chi connectivity index (χ0v) is 20.5. The van der Waals surface area contributed by atoms with Crippen LogP contribution in [0.2, 0.25) is 0 Å². The molecule has 0 fully saturated rings. The number of rotatable bonds is 11. The molecule has 2 aromatic carbocycles. The summed E-state index contributed by atoms with van der Waals surface area (Å²) < 4.78 is 2.06. The lowest BCUT2D eigenvalue weighted by Crippen LogP contribution is -2.08. The molecule has 0 saturated carbocycles. The Morgan fingerprint density at radius 1 is 0.806 bits per heavy atom. The summed E-state index contributed by atoms with van der Waals surface area (Å²) in [6.07, 6.45) is 8.14. The minimum Gasteiger partial charge on any atom is -0.256 e. The first kappa shape index (κ1) is 23.5. The van der Waals surface area contributed by atoms with E-state index in [0.717, 1.165) is 59.7 Å². The molecule has 5 aromatic rings. The number of benzene rings is 2. The maximum Gasteiger partial charge on any atom is 0.205 e. The second kappa shape index (κ2) is 11.5. The molecule has 182 valence electrons. The van der Waals surface area contributed by atoms with Crippen LogP contribution >= 0.6 is 0 Å². The molecule has 36 heavy (non-hydrogen) atoms. The number of unbranched alkanes of at least 4 members (excludes halogenated alkanes) is 2. The molecule has 0 aliphatic rings. The highest BCUT2D eigenvalue weighted by molar-refractivity contribution is 5.78. The molecule has 0 radical (unpaired) electrons. The molecule has 3 aromatic heterocycles. The molecule has 0 spiro atoms. The van der Waals surface area contributed by atoms with Crippen molar-refractivity contribution in [2.45, 2.75) is 52.0 Å². The van der Waals surface area contributed by atoms with Crippen LogP contribution in [-0.4, -0.2) is 40.4 Å². The third kappa shape index (κ3) is 5.71. The van der Waals surface area contributed by atoms with E-state index in [1.165, 1.54) is 18.4 Å². The predicted octanol–water partition coefficient (Wildman–Crippen LogP) is 5.09. The van der Waals surface area contributed by atoms with Crippen LogP contribution in [0.15, 0.2) is 72.9 Å². The van der Waals surface area contributed by atoms with Crippen molar-refractivity contribution >= 4 is 0 Å². The second-order valence-electron chi connectivity index (χ2n) is 8.88. The molecular weight excluding hydrogens is 448 g/mol. The van der Waals surface area contributed by atoms with Crippen molar-refractivity contribution in [3.05, 3.63) is 95.7 Å². The first-order valence-corrected chi connectivity index (χ1v) is 12.5. The van der Waals surface area contributed by atoms with Crippen molar-refractivity contribution in [1.82, 2.24) is 40.4 Å². The Balaban J connectivity index is 1.33. The number of hydrogen-bond donors (Lipinski definition) is 1. The fraction of sp³-hybridized carbons (Fsp3) is 0.286. The number of aromatic amines is 1. The molecule has 0 bridgehead atoms. The molecular formula is C28H30N8. The van der Waals surface area contributed by atoms with E-state index in [0.29, 0.717) is 12.4 Å². The first-order chi connectivity index (χ1) is 17.8. The monoisotopic (exact) mass is 478 g/mol. The van der Waals surface area contributed by atoms with E-state index in [4.69, 9.17) is 15.1 Å². The number of nitrogens with one attached hydrogen (secondary N) is 1. The fourth-order valence-corrected chi connectivity index (χ4v) is 4.31. The number of aryl methyl sites for hydroxylation is 3. The van der Waals surface area contributed by atoms with E-state index >= 15 is 0 Å². The Kier molecular flexibility index (Phi) is 7.51. The SMILES string of the molecule is CCCCCc1nc(CCc2ccccc2)nn1Cc1ccc(-c2ccccc2-c2nn[nH]n2)nc1. The summed E-state index contributed by atoms with van der Waals surface area (Å²) in [5.41, 5.74) is 5.12. The van der Waals surface area contributed by atoms with Gasteiger partial charge in [0.2, 0.25) is 5.82 Å². The second-order valence-corrected chi connectivity index (χ2v) is 8.88. The van der Waals surface area contributed by atoms with Crippen molar-refractivity contribution in [3.8, 4) is 22.6 Å². The molecule has 5 rings (SSSR count). The number of nitrogens with zero attached hydrogens (tertiary/aromatic N) is 7. The molecule has 3 heterocycles. The molecule has 0 atom stereocenters. The van der Waals surface area contributed by atoms with Crippen LogP contribution in [0, 0.1) is 0 Å². The average molecular weight is 479 g/mol. The molecule has 0 amide bonds. The smallest absolute Gasteiger partial charge is 0.205 e. The lowest BCUT2D eigenvalue weighted by Gasteiger charge is -2.08. The maximum absolute atomic E-state index is 4.91. The van der Waals surface area contributed by atoms with Crippen molar-refractivity contribution in [3.63, 3.8) is 0 Å². The summed E-state index contributed by atoms with van der Waals surface area (Å²) in [6.45, 7) is 2.87. The Morgan fingerprint density at radius 3 is 2.39 bits per heavy atom. The Morgan fingerprint density at radius 2 is 1.64 bits per heavy atom. The van der Waals surface area contributed by atoms with Gasteiger partial charge in [0, 0.05) is 30.2 Å². The van der Waals surface area contributed by atoms with Crippen LogP contribution in [-0.2, 0) is 25.8 Å². The number of hydrogen-bond acceptors (Lipinski definition) is 6. The van der Waals surface area contributed by atoms with Gasteiger partial charge in [-0.05, 0) is 35.2 Å². The Labute approximate surface area is 210 Å². The van der Waals surface area contributed by atoms with E-state index in [9.17, 15) is 0 Å². The van der Waals surface area contributed by atoms with E-state index < -0.39 is 0 Å². The van der Waals surface area contributed by atoms with Gasteiger partial charge in [0.05, 0.1) is 12.2 Å². The molecule has 0 unspecified atom stereocenters. The maximum atomic E-state index is 4.91. The molecule has 8 heteroatoms. The summed E-state index contributed by atoms with van der Waals surface area (Å²) in [5.74, 6) is 2.51. The predicted molar refractivity (Wildman–Crippen MR) is 139 cm³/mol. The van der Waals surface area contributed by atoms with Gasteiger partial charge >= 0.3 is 0 Å². The summed E-state index contributed by atoms with van der Waals surface area (Å²) >= 11 is 0. The lowest BCUT2D eigenvalue weighted by atomic mass is 10.0. The largest absolute Gasteiger partial charge is 0.256 e. The van der Waals surface area contributed by atoms with Crippen LogP contribution in [0.25, 0.3) is 22.6 Å². The van der Waals surface area contributed by atoms with E-state index in [1.807, 2.05) is 42.6 Å². The highest BCUT2D eigenvalue weighted by Crippen LogP contribution is 2.28. The van der Waals surface area contributed by atoms with Gasteiger partial charge < -0.3 is 0 Å². The zero-order valence-electron chi connectivity index (χ0n) is 20.5. The van der Waals surface area contributed by atoms with Gasteiger partial charge in [-0.15, -0.1) is 10.2 Å². The molecule has 1 N–H and O–H groups in total. The van der Waals surface area contributed by atoms with Crippen LogP contribution < -0.4 is 0 Å². The molecule has 0 aliphatic heterocycles. The van der Waals surface area contributed by atoms with Crippen molar-refractivity contribution in [2.75, 3.05) is 0 Å². The summed E-state index contributed by atoms with van der Waals surface area (Å²) in [6, 6.07) is 22.6. The number of H-pyrrole nitrogens is 1. The molecule has 0 saturated heterocycles.